The van der Waals surface area contributed by atoms with Crippen molar-refractivity contribution in [2.24, 2.45) is 11.3 Å². The van der Waals surface area contributed by atoms with Crippen molar-refractivity contribution in [3.63, 3.8) is 0 Å². The molecule has 2 heterocycles. The topological polar surface area (TPSA) is 66.3 Å². The number of aromatic carboxylic acids is 1. The van der Waals surface area contributed by atoms with Crippen LogP contribution in [0.4, 0.5) is 0 Å². The minimum Gasteiger partial charge on any atom is -0.476 e. The van der Waals surface area contributed by atoms with E-state index in [9.17, 15) is 4.79 Å². The molecule has 0 aromatic carbocycles. The van der Waals surface area contributed by atoms with E-state index in [2.05, 4.69) is 35.6 Å². The van der Waals surface area contributed by atoms with Crippen LogP contribution in [0.2, 0.25) is 0 Å². The fourth-order valence-corrected chi connectivity index (χ4v) is 2.96. The van der Waals surface area contributed by atoms with Gasteiger partial charge in [-0.25, -0.2) is 9.78 Å². The fraction of sp³-hybridized carbons (Fsp3) is 0.688. The molecule has 0 bridgehead atoms. The molecular weight excluding hydrogens is 266 g/mol. The highest BCUT2D eigenvalue weighted by atomic mass is 16.4. The summed E-state index contributed by atoms with van der Waals surface area (Å²) < 4.78 is 0. The molecule has 0 aliphatic carbocycles. The molecule has 21 heavy (non-hydrogen) atoms. The minimum atomic E-state index is -1.03. The lowest BCUT2D eigenvalue weighted by Gasteiger charge is -2.29. The van der Waals surface area contributed by atoms with Gasteiger partial charge in [0.15, 0.2) is 5.69 Å². The third-order valence-corrected chi connectivity index (χ3v) is 4.36. The Kier molecular flexibility index (Phi) is 4.93. The lowest BCUT2D eigenvalue weighted by Crippen LogP contribution is -2.26. The highest BCUT2D eigenvalue weighted by molar-refractivity contribution is 5.84. The summed E-state index contributed by atoms with van der Waals surface area (Å²) in [6.07, 6.45) is 6.62. The monoisotopic (exact) mass is 291 g/mol. The van der Waals surface area contributed by atoms with Crippen LogP contribution in [-0.2, 0) is 6.54 Å². The zero-order chi connectivity index (χ0) is 15.5. The Morgan fingerprint density at radius 1 is 1.29 bits per heavy atom. The molecule has 0 amide bonds. The summed E-state index contributed by atoms with van der Waals surface area (Å²) in [6.45, 7) is 9.87. The fourth-order valence-electron chi connectivity index (χ4n) is 2.96. The van der Waals surface area contributed by atoms with Gasteiger partial charge in [0.05, 0.1) is 18.1 Å². The van der Waals surface area contributed by atoms with E-state index in [-0.39, 0.29) is 5.69 Å². The second-order valence-electron chi connectivity index (χ2n) is 6.97. The number of hydrogen-bond acceptors (Lipinski definition) is 4. The average molecular weight is 291 g/mol. The van der Waals surface area contributed by atoms with Gasteiger partial charge in [-0.15, -0.1) is 0 Å². The van der Waals surface area contributed by atoms with E-state index in [1.165, 1.54) is 25.5 Å². The van der Waals surface area contributed by atoms with E-state index in [4.69, 9.17) is 5.11 Å². The molecule has 1 aromatic rings. The average Bonchev–Trinajstić information content (AvgIpc) is 2.64. The molecular formula is C16H25N3O2. The molecule has 1 aliphatic heterocycles. The van der Waals surface area contributed by atoms with E-state index in [0.29, 0.717) is 5.41 Å². The van der Waals surface area contributed by atoms with E-state index in [1.54, 1.807) is 6.20 Å². The van der Waals surface area contributed by atoms with E-state index in [0.717, 1.165) is 31.2 Å². The quantitative estimate of drug-likeness (QED) is 0.927. The number of likely N-dealkylation sites (tertiary alicyclic amines) is 1. The van der Waals surface area contributed by atoms with Crippen molar-refractivity contribution in [2.75, 3.05) is 13.1 Å². The van der Waals surface area contributed by atoms with Crippen molar-refractivity contribution in [2.45, 2.75) is 46.6 Å². The van der Waals surface area contributed by atoms with Gasteiger partial charge in [0.1, 0.15) is 0 Å². The summed E-state index contributed by atoms with van der Waals surface area (Å²) in [5, 5.41) is 8.83. The summed E-state index contributed by atoms with van der Waals surface area (Å²) >= 11 is 0. The van der Waals surface area contributed by atoms with Gasteiger partial charge in [-0.1, -0.05) is 20.8 Å². The van der Waals surface area contributed by atoms with Gasteiger partial charge >= 0.3 is 5.97 Å². The molecule has 2 rings (SSSR count). The first-order valence-corrected chi connectivity index (χ1v) is 7.63. The summed E-state index contributed by atoms with van der Waals surface area (Å²) in [4.78, 5) is 21.3. The lowest BCUT2D eigenvalue weighted by molar-refractivity contribution is 0.0690. The standard InChI is InChI=1S/C16H25N3O2/c1-16(2,3)12-5-4-7-19(8-6-12)11-13-9-18-14(10-17-13)15(20)21/h9-10,12H,4-8,11H2,1-3H3,(H,20,21). The summed E-state index contributed by atoms with van der Waals surface area (Å²) in [5.74, 6) is -0.264. The van der Waals surface area contributed by atoms with Gasteiger partial charge in [-0.3, -0.25) is 9.88 Å². The lowest BCUT2D eigenvalue weighted by atomic mass is 9.77. The highest BCUT2D eigenvalue weighted by Crippen LogP contribution is 2.34. The van der Waals surface area contributed by atoms with Crippen molar-refractivity contribution in [3.05, 3.63) is 23.8 Å². The van der Waals surface area contributed by atoms with Gasteiger partial charge < -0.3 is 5.11 Å². The smallest absolute Gasteiger partial charge is 0.356 e. The zero-order valence-corrected chi connectivity index (χ0v) is 13.2. The first-order chi connectivity index (χ1) is 9.86. The van der Waals surface area contributed by atoms with Gasteiger partial charge in [0, 0.05) is 6.54 Å². The van der Waals surface area contributed by atoms with Crippen LogP contribution >= 0.6 is 0 Å². The van der Waals surface area contributed by atoms with E-state index in [1.807, 2.05) is 0 Å². The largest absolute Gasteiger partial charge is 0.476 e. The van der Waals surface area contributed by atoms with Crippen molar-refractivity contribution in [1.29, 1.82) is 0 Å². The van der Waals surface area contributed by atoms with E-state index < -0.39 is 5.97 Å². The first kappa shape index (κ1) is 15.9. The maximum absolute atomic E-state index is 10.8. The molecule has 5 heteroatoms. The maximum atomic E-state index is 10.8. The SMILES string of the molecule is CC(C)(C)C1CCCN(Cc2cnc(C(=O)O)cn2)CC1. The molecule has 116 valence electrons. The van der Waals surface area contributed by atoms with Crippen molar-refractivity contribution >= 4 is 5.97 Å². The van der Waals surface area contributed by atoms with Crippen molar-refractivity contribution in [1.82, 2.24) is 14.9 Å². The number of aromatic nitrogens is 2. The first-order valence-electron chi connectivity index (χ1n) is 7.63. The number of carboxylic acid groups (broad SMARTS) is 1. The molecule has 1 N–H and O–H groups in total. The Balaban J connectivity index is 1.93. The molecule has 1 unspecified atom stereocenters. The Bertz CT molecular complexity index is 479. The molecule has 5 nitrogen and oxygen atoms in total. The Morgan fingerprint density at radius 2 is 2.05 bits per heavy atom. The Labute approximate surface area is 126 Å². The summed E-state index contributed by atoms with van der Waals surface area (Å²) in [7, 11) is 0. The van der Waals surface area contributed by atoms with Gasteiger partial charge in [-0.05, 0) is 43.7 Å². The zero-order valence-electron chi connectivity index (χ0n) is 13.2. The van der Waals surface area contributed by atoms with Crippen LogP contribution in [0.1, 0.15) is 56.2 Å². The number of nitrogens with zero attached hydrogens (tertiary/aromatic N) is 3. The van der Waals surface area contributed by atoms with Crippen molar-refractivity contribution in [3.8, 4) is 0 Å². The molecule has 1 aromatic heterocycles. The van der Waals surface area contributed by atoms with Crippen LogP contribution in [-0.4, -0.2) is 39.0 Å². The molecule has 1 saturated heterocycles. The maximum Gasteiger partial charge on any atom is 0.356 e. The van der Waals surface area contributed by atoms with Crippen LogP contribution in [0.5, 0.6) is 0 Å². The molecule has 0 saturated carbocycles. The third kappa shape index (κ3) is 4.49. The molecule has 0 spiro atoms. The van der Waals surface area contributed by atoms with Crippen LogP contribution in [0.15, 0.2) is 12.4 Å². The number of rotatable bonds is 3. The predicted octanol–water partition coefficient (Wildman–Crippen LogP) is 2.82. The number of carbonyl (C=O) groups is 1. The Morgan fingerprint density at radius 3 is 2.62 bits per heavy atom. The molecule has 1 aliphatic rings. The third-order valence-electron chi connectivity index (χ3n) is 4.36. The summed E-state index contributed by atoms with van der Waals surface area (Å²) in [5.41, 5.74) is 1.22. The van der Waals surface area contributed by atoms with Crippen molar-refractivity contribution < 1.29 is 9.90 Å². The summed E-state index contributed by atoms with van der Waals surface area (Å²) in [6, 6.07) is 0. The molecule has 1 atom stereocenters. The Hall–Kier alpha value is -1.49. The van der Waals surface area contributed by atoms with Crippen LogP contribution < -0.4 is 0 Å². The van der Waals surface area contributed by atoms with Gasteiger partial charge in [0.25, 0.3) is 0 Å². The van der Waals surface area contributed by atoms with Crippen LogP contribution in [0.3, 0.4) is 0 Å². The van der Waals surface area contributed by atoms with Gasteiger partial charge in [-0.2, -0.15) is 0 Å². The predicted molar refractivity (Wildman–Crippen MR) is 81.1 cm³/mol. The van der Waals surface area contributed by atoms with Crippen LogP contribution in [0, 0.1) is 11.3 Å². The number of carboxylic acids is 1. The van der Waals surface area contributed by atoms with E-state index >= 15 is 0 Å². The second kappa shape index (κ2) is 6.52. The molecule has 1 fully saturated rings. The minimum absolute atomic E-state index is 0.00223. The second-order valence-corrected chi connectivity index (χ2v) is 6.97. The number of hydrogen-bond donors (Lipinski definition) is 1. The molecule has 0 radical (unpaired) electrons. The van der Waals surface area contributed by atoms with Gasteiger partial charge in [0.2, 0.25) is 0 Å². The highest BCUT2D eigenvalue weighted by Gasteiger charge is 2.27. The van der Waals surface area contributed by atoms with Crippen LogP contribution in [0.25, 0.3) is 0 Å². The normalized spacial score (nSPS) is 21.0.